The molecule has 1 N–H and O–H groups in total. The van der Waals surface area contributed by atoms with Gasteiger partial charge in [-0.15, -0.1) is 0 Å². The van der Waals surface area contributed by atoms with Crippen molar-refractivity contribution >= 4 is 39.0 Å². The Morgan fingerprint density at radius 3 is 2.82 bits per heavy atom. The molecule has 0 spiro atoms. The number of anilines is 2. The van der Waals surface area contributed by atoms with E-state index in [1.54, 1.807) is 18.3 Å². The van der Waals surface area contributed by atoms with E-state index in [1.165, 1.54) is 6.07 Å². The van der Waals surface area contributed by atoms with Gasteiger partial charge in [0.15, 0.2) is 0 Å². The van der Waals surface area contributed by atoms with Crippen molar-refractivity contribution in [3.05, 3.63) is 51.3 Å². The number of para-hydroxylation sites is 1. The van der Waals surface area contributed by atoms with Gasteiger partial charge in [0.05, 0.1) is 10.7 Å². The SMILES string of the molecule is Cc1cc(Br)cnc1Nc1c(F)cccc1Cl. The van der Waals surface area contributed by atoms with E-state index < -0.39 is 5.82 Å². The first-order chi connectivity index (χ1) is 8.08. The van der Waals surface area contributed by atoms with Crippen LogP contribution in [0.3, 0.4) is 0 Å². The van der Waals surface area contributed by atoms with E-state index in [-0.39, 0.29) is 5.69 Å². The lowest BCUT2D eigenvalue weighted by molar-refractivity contribution is 0.632. The van der Waals surface area contributed by atoms with Gasteiger partial charge in [-0.25, -0.2) is 9.37 Å². The first kappa shape index (κ1) is 12.3. The molecule has 0 saturated carbocycles. The molecule has 0 radical (unpaired) electrons. The summed E-state index contributed by atoms with van der Waals surface area (Å²) in [6.07, 6.45) is 1.64. The highest BCUT2D eigenvalue weighted by molar-refractivity contribution is 9.10. The van der Waals surface area contributed by atoms with Crippen molar-refractivity contribution in [2.75, 3.05) is 5.32 Å². The number of pyridine rings is 1. The van der Waals surface area contributed by atoms with Crippen LogP contribution in [0.2, 0.25) is 5.02 Å². The molecule has 2 aromatic rings. The predicted octanol–water partition coefficient (Wildman–Crippen LogP) is 4.69. The summed E-state index contributed by atoms with van der Waals surface area (Å²) in [4.78, 5) is 4.17. The van der Waals surface area contributed by atoms with Gasteiger partial charge in [0.25, 0.3) is 0 Å². The lowest BCUT2D eigenvalue weighted by Crippen LogP contribution is -1.99. The molecule has 1 heterocycles. The highest BCUT2D eigenvalue weighted by Crippen LogP contribution is 2.29. The molecule has 0 aliphatic carbocycles. The third kappa shape index (κ3) is 2.76. The Kier molecular flexibility index (Phi) is 3.64. The summed E-state index contributed by atoms with van der Waals surface area (Å²) < 4.78 is 14.4. The summed E-state index contributed by atoms with van der Waals surface area (Å²) in [5, 5.41) is 3.22. The zero-order valence-corrected chi connectivity index (χ0v) is 11.3. The lowest BCUT2D eigenvalue weighted by Gasteiger charge is -2.10. The van der Waals surface area contributed by atoms with Crippen molar-refractivity contribution in [1.29, 1.82) is 0 Å². The number of benzene rings is 1. The molecule has 2 nitrogen and oxygen atoms in total. The summed E-state index contributed by atoms with van der Waals surface area (Å²) in [6, 6.07) is 6.43. The smallest absolute Gasteiger partial charge is 0.148 e. The first-order valence-corrected chi connectivity index (χ1v) is 6.08. The fourth-order valence-electron chi connectivity index (χ4n) is 1.41. The van der Waals surface area contributed by atoms with Gasteiger partial charge in [-0.05, 0) is 46.6 Å². The summed E-state index contributed by atoms with van der Waals surface area (Å²) in [5.41, 5.74) is 1.14. The molecule has 0 fully saturated rings. The number of hydrogen-bond acceptors (Lipinski definition) is 2. The van der Waals surface area contributed by atoms with Crippen LogP contribution in [0.1, 0.15) is 5.56 Å². The van der Waals surface area contributed by atoms with E-state index in [4.69, 9.17) is 11.6 Å². The van der Waals surface area contributed by atoms with Crippen molar-refractivity contribution in [3.63, 3.8) is 0 Å². The Morgan fingerprint density at radius 2 is 2.18 bits per heavy atom. The molecule has 0 unspecified atom stereocenters. The van der Waals surface area contributed by atoms with Gasteiger partial charge in [0.1, 0.15) is 11.6 Å². The maximum atomic E-state index is 13.6. The average Bonchev–Trinajstić information content (AvgIpc) is 2.26. The van der Waals surface area contributed by atoms with Gasteiger partial charge >= 0.3 is 0 Å². The van der Waals surface area contributed by atoms with Crippen molar-refractivity contribution in [2.45, 2.75) is 6.92 Å². The summed E-state index contributed by atoms with van der Waals surface area (Å²) >= 11 is 9.24. The number of aromatic nitrogens is 1. The largest absolute Gasteiger partial charge is 0.336 e. The minimum atomic E-state index is -0.401. The second-order valence-electron chi connectivity index (χ2n) is 3.54. The molecule has 2 rings (SSSR count). The van der Waals surface area contributed by atoms with Crippen LogP contribution in [0, 0.1) is 12.7 Å². The highest BCUT2D eigenvalue weighted by Gasteiger charge is 2.09. The minimum absolute atomic E-state index is 0.243. The zero-order valence-electron chi connectivity index (χ0n) is 8.97. The van der Waals surface area contributed by atoms with E-state index in [0.717, 1.165) is 10.0 Å². The lowest BCUT2D eigenvalue weighted by atomic mass is 10.2. The molecular weight excluding hydrogens is 307 g/mol. The molecule has 5 heteroatoms. The maximum Gasteiger partial charge on any atom is 0.148 e. The average molecular weight is 316 g/mol. The topological polar surface area (TPSA) is 24.9 Å². The molecule has 0 saturated heterocycles. The number of halogens is 3. The van der Waals surface area contributed by atoms with Gasteiger partial charge in [0, 0.05) is 10.7 Å². The predicted molar refractivity (Wildman–Crippen MR) is 71.4 cm³/mol. The van der Waals surface area contributed by atoms with Gasteiger partial charge in [-0.3, -0.25) is 0 Å². The van der Waals surface area contributed by atoms with Gasteiger partial charge in [-0.2, -0.15) is 0 Å². The van der Waals surface area contributed by atoms with Crippen molar-refractivity contribution in [2.24, 2.45) is 0 Å². The minimum Gasteiger partial charge on any atom is -0.336 e. The van der Waals surface area contributed by atoms with Crippen molar-refractivity contribution in [1.82, 2.24) is 4.98 Å². The molecule has 1 aromatic heterocycles. The standard InChI is InChI=1S/C12H9BrClFN2/c1-7-5-8(13)6-16-12(7)17-11-9(14)3-2-4-10(11)15/h2-6H,1H3,(H,16,17). The van der Waals surface area contributed by atoms with Crippen LogP contribution in [0.5, 0.6) is 0 Å². The quantitative estimate of drug-likeness (QED) is 0.869. The van der Waals surface area contributed by atoms with Crippen LogP contribution in [0.4, 0.5) is 15.9 Å². The normalized spacial score (nSPS) is 10.4. The molecule has 0 aliphatic heterocycles. The third-order valence-electron chi connectivity index (χ3n) is 2.25. The molecule has 17 heavy (non-hydrogen) atoms. The Labute approximate surface area is 112 Å². The number of aryl methyl sites for hydroxylation is 1. The molecule has 0 amide bonds. The second-order valence-corrected chi connectivity index (χ2v) is 4.86. The number of rotatable bonds is 2. The van der Waals surface area contributed by atoms with Crippen LogP contribution >= 0.6 is 27.5 Å². The summed E-state index contributed by atoms with van der Waals surface area (Å²) in [7, 11) is 0. The van der Waals surface area contributed by atoms with Crippen LogP contribution < -0.4 is 5.32 Å². The van der Waals surface area contributed by atoms with Gasteiger partial charge < -0.3 is 5.32 Å². The van der Waals surface area contributed by atoms with Crippen molar-refractivity contribution in [3.8, 4) is 0 Å². The first-order valence-electron chi connectivity index (χ1n) is 4.91. The van der Waals surface area contributed by atoms with Crippen LogP contribution in [0.25, 0.3) is 0 Å². The van der Waals surface area contributed by atoms with Crippen LogP contribution in [0.15, 0.2) is 34.9 Å². The number of nitrogens with one attached hydrogen (secondary N) is 1. The monoisotopic (exact) mass is 314 g/mol. The molecule has 0 bridgehead atoms. The maximum absolute atomic E-state index is 13.6. The molecule has 1 aromatic carbocycles. The number of nitrogens with zero attached hydrogens (tertiary/aromatic N) is 1. The number of hydrogen-bond donors (Lipinski definition) is 1. The van der Waals surface area contributed by atoms with E-state index >= 15 is 0 Å². The Bertz CT molecular complexity index is 540. The Hall–Kier alpha value is -1.13. The second kappa shape index (κ2) is 5.02. The molecular formula is C12H9BrClFN2. The molecule has 0 aliphatic rings. The van der Waals surface area contributed by atoms with E-state index in [1.807, 2.05) is 13.0 Å². The third-order valence-corrected chi connectivity index (χ3v) is 3.00. The zero-order chi connectivity index (χ0) is 12.4. The van der Waals surface area contributed by atoms with E-state index in [2.05, 4.69) is 26.2 Å². The fourth-order valence-corrected chi connectivity index (χ4v) is 2.06. The Balaban J connectivity index is 2.38. The van der Waals surface area contributed by atoms with Crippen molar-refractivity contribution < 1.29 is 4.39 Å². The van der Waals surface area contributed by atoms with Crippen LogP contribution in [-0.4, -0.2) is 4.98 Å². The molecule has 0 atom stereocenters. The van der Waals surface area contributed by atoms with E-state index in [9.17, 15) is 4.39 Å². The Morgan fingerprint density at radius 1 is 1.41 bits per heavy atom. The summed E-state index contributed by atoms with van der Waals surface area (Å²) in [5.74, 6) is 0.182. The fraction of sp³-hybridized carbons (Fsp3) is 0.0833. The van der Waals surface area contributed by atoms with Gasteiger partial charge in [-0.1, -0.05) is 17.7 Å². The summed E-state index contributed by atoms with van der Waals surface area (Å²) in [6.45, 7) is 1.88. The van der Waals surface area contributed by atoms with E-state index in [0.29, 0.717) is 10.8 Å². The molecule has 88 valence electrons. The highest BCUT2D eigenvalue weighted by atomic mass is 79.9. The van der Waals surface area contributed by atoms with Crippen LogP contribution in [-0.2, 0) is 0 Å². The van der Waals surface area contributed by atoms with Gasteiger partial charge in [0.2, 0.25) is 0 Å².